The zero-order chi connectivity index (χ0) is 23.6. The molecule has 0 radical (unpaired) electrons. The summed E-state index contributed by atoms with van der Waals surface area (Å²) in [6.07, 6.45) is 1.50. The van der Waals surface area contributed by atoms with Gasteiger partial charge in [-0.05, 0) is 66.6 Å². The van der Waals surface area contributed by atoms with Crippen molar-refractivity contribution in [2.24, 2.45) is 5.10 Å². The molecule has 0 spiro atoms. The van der Waals surface area contributed by atoms with Crippen molar-refractivity contribution in [1.82, 2.24) is 5.43 Å². The minimum Gasteiger partial charge on any atom is -0.493 e. The average molecular weight is 452 g/mol. The van der Waals surface area contributed by atoms with Crippen LogP contribution in [0.15, 0.2) is 65.8 Å². The number of nitrogens with one attached hydrogen (secondary N) is 1. The lowest BCUT2D eigenvalue weighted by Gasteiger charge is -2.12. The third-order valence-corrected chi connectivity index (χ3v) is 4.58. The zero-order valence-corrected chi connectivity index (χ0v) is 18.6. The van der Waals surface area contributed by atoms with Gasteiger partial charge in [0.25, 0.3) is 5.91 Å². The molecule has 0 heterocycles. The first-order chi connectivity index (χ1) is 16.0. The summed E-state index contributed by atoms with van der Waals surface area (Å²) in [6.45, 7) is 2.50. The van der Waals surface area contributed by atoms with Gasteiger partial charge in [-0.15, -0.1) is 0 Å². The van der Waals surface area contributed by atoms with Gasteiger partial charge in [-0.25, -0.2) is 9.82 Å². The van der Waals surface area contributed by atoms with Crippen molar-refractivity contribution in [2.45, 2.75) is 13.5 Å². The Morgan fingerprint density at radius 3 is 2.45 bits per heavy atom. The second-order valence-corrected chi connectivity index (χ2v) is 6.83. The Kier molecular flexibility index (Phi) is 8.24. The number of carbonyl (C=O) groups excluding carboxylic acids is 1. The summed E-state index contributed by atoms with van der Waals surface area (Å²) < 4.78 is 35.2. The number of halogens is 1. The topological polar surface area (TPSA) is 78.4 Å². The highest BCUT2D eigenvalue weighted by Crippen LogP contribution is 2.29. The fraction of sp³-hybridized carbons (Fsp3) is 0.200. The molecule has 0 unspecified atom stereocenters. The van der Waals surface area contributed by atoms with E-state index in [0.717, 1.165) is 0 Å². The first-order valence-corrected chi connectivity index (χ1v) is 10.2. The quantitative estimate of drug-likeness (QED) is 0.360. The number of amides is 1. The number of rotatable bonds is 10. The first-order valence-electron chi connectivity index (χ1n) is 10.2. The predicted octanol–water partition coefficient (Wildman–Crippen LogP) is 4.58. The molecule has 0 saturated heterocycles. The van der Waals surface area contributed by atoms with Gasteiger partial charge in [0.1, 0.15) is 12.4 Å². The van der Waals surface area contributed by atoms with Crippen LogP contribution < -0.4 is 24.4 Å². The van der Waals surface area contributed by atoms with Crippen molar-refractivity contribution in [1.29, 1.82) is 0 Å². The zero-order valence-electron chi connectivity index (χ0n) is 18.6. The van der Waals surface area contributed by atoms with Gasteiger partial charge >= 0.3 is 0 Å². The van der Waals surface area contributed by atoms with Gasteiger partial charge < -0.3 is 18.9 Å². The number of carbonyl (C=O) groups is 1. The SMILES string of the molecule is CCOc1cc(/C=N/NC(=O)c2ccc(OC)c(OC)c2)ccc1OCc1cccc(F)c1. The summed E-state index contributed by atoms with van der Waals surface area (Å²) in [6, 6.07) is 16.3. The Morgan fingerprint density at radius 2 is 1.73 bits per heavy atom. The molecule has 0 atom stereocenters. The van der Waals surface area contributed by atoms with Crippen LogP contribution in [-0.4, -0.2) is 32.9 Å². The Hall–Kier alpha value is -4.07. The number of hydrogen-bond donors (Lipinski definition) is 1. The molecule has 0 fully saturated rings. The molecule has 33 heavy (non-hydrogen) atoms. The van der Waals surface area contributed by atoms with Crippen molar-refractivity contribution in [2.75, 3.05) is 20.8 Å². The standard InChI is InChI=1S/C25H25FN2O5/c1-4-32-24-13-17(8-10-22(24)33-16-18-6-5-7-20(26)12-18)15-27-28-25(29)19-9-11-21(30-2)23(14-19)31-3/h5-15H,4,16H2,1-3H3,(H,28,29)/b27-15+. The summed E-state index contributed by atoms with van der Waals surface area (Å²) in [5, 5.41) is 4.02. The molecule has 1 amide bonds. The monoisotopic (exact) mass is 452 g/mol. The smallest absolute Gasteiger partial charge is 0.271 e. The van der Waals surface area contributed by atoms with Crippen molar-refractivity contribution in [3.8, 4) is 23.0 Å². The van der Waals surface area contributed by atoms with Gasteiger partial charge in [-0.3, -0.25) is 4.79 Å². The molecule has 1 N–H and O–H groups in total. The Bertz CT molecular complexity index is 1130. The van der Waals surface area contributed by atoms with Crippen LogP contribution in [-0.2, 0) is 6.61 Å². The summed E-state index contributed by atoms with van der Waals surface area (Å²) in [4.78, 5) is 12.4. The van der Waals surface area contributed by atoms with E-state index in [1.165, 1.54) is 32.6 Å². The maximum atomic E-state index is 13.4. The summed E-state index contributed by atoms with van der Waals surface area (Å²) >= 11 is 0. The van der Waals surface area contributed by atoms with E-state index < -0.39 is 5.91 Å². The minimum atomic E-state index is -0.396. The molecule has 3 aromatic carbocycles. The lowest BCUT2D eigenvalue weighted by molar-refractivity contribution is 0.0954. The maximum Gasteiger partial charge on any atom is 0.271 e. The van der Waals surface area contributed by atoms with Crippen molar-refractivity contribution in [3.05, 3.63) is 83.2 Å². The lowest BCUT2D eigenvalue weighted by Crippen LogP contribution is -2.17. The second kappa shape index (κ2) is 11.5. The summed E-state index contributed by atoms with van der Waals surface area (Å²) in [5.41, 5.74) is 4.26. The normalized spacial score (nSPS) is 10.7. The molecule has 0 bridgehead atoms. The number of methoxy groups -OCH3 is 2. The number of nitrogens with zero attached hydrogens (tertiary/aromatic N) is 1. The molecule has 7 nitrogen and oxygen atoms in total. The van der Waals surface area contributed by atoms with Crippen LogP contribution in [0.25, 0.3) is 0 Å². The van der Waals surface area contributed by atoms with Crippen LogP contribution in [0.2, 0.25) is 0 Å². The summed E-state index contributed by atoms with van der Waals surface area (Å²) in [7, 11) is 3.02. The van der Waals surface area contributed by atoms with Gasteiger partial charge in [0, 0.05) is 5.56 Å². The van der Waals surface area contributed by atoms with E-state index in [9.17, 15) is 9.18 Å². The minimum absolute atomic E-state index is 0.201. The Morgan fingerprint density at radius 1 is 0.939 bits per heavy atom. The second-order valence-electron chi connectivity index (χ2n) is 6.83. The van der Waals surface area contributed by atoms with Crippen LogP contribution in [0.1, 0.15) is 28.4 Å². The average Bonchev–Trinajstić information content (AvgIpc) is 2.83. The summed E-state index contributed by atoms with van der Waals surface area (Å²) in [5.74, 6) is 1.30. The molecule has 172 valence electrons. The third kappa shape index (κ3) is 6.46. The van der Waals surface area contributed by atoms with Crippen LogP contribution in [0.5, 0.6) is 23.0 Å². The van der Waals surface area contributed by atoms with Crippen LogP contribution in [0, 0.1) is 5.82 Å². The van der Waals surface area contributed by atoms with Gasteiger partial charge in [-0.2, -0.15) is 5.10 Å². The molecular formula is C25H25FN2O5. The van der Waals surface area contributed by atoms with Crippen LogP contribution >= 0.6 is 0 Å². The number of hydrogen-bond acceptors (Lipinski definition) is 6. The number of benzene rings is 3. The van der Waals surface area contributed by atoms with E-state index in [1.807, 2.05) is 6.92 Å². The Balaban J connectivity index is 1.66. The lowest BCUT2D eigenvalue weighted by atomic mass is 10.2. The predicted molar refractivity (Wildman–Crippen MR) is 123 cm³/mol. The largest absolute Gasteiger partial charge is 0.493 e. The molecule has 3 rings (SSSR count). The van der Waals surface area contributed by atoms with E-state index in [0.29, 0.717) is 46.3 Å². The van der Waals surface area contributed by atoms with Gasteiger partial charge in [0.2, 0.25) is 0 Å². The van der Waals surface area contributed by atoms with E-state index >= 15 is 0 Å². The van der Waals surface area contributed by atoms with Gasteiger partial charge in [0.15, 0.2) is 23.0 Å². The fourth-order valence-electron chi connectivity index (χ4n) is 2.99. The fourth-order valence-corrected chi connectivity index (χ4v) is 2.99. The third-order valence-electron chi connectivity index (χ3n) is 4.58. The van der Waals surface area contributed by atoms with Gasteiger partial charge in [-0.1, -0.05) is 12.1 Å². The van der Waals surface area contributed by atoms with Crippen molar-refractivity contribution >= 4 is 12.1 Å². The van der Waals surface area contributed by atoms with E-state index in [1.54, 1.807) is 48.5 Å². The van der Waals surface area contributed by atoms with Gasteiger partial charge in [0.05, 0.1) is 27.0 Å². The van der Waals surface area contributed by atoms with E-state index in [2.05, 4.69) is 10.5 Å². The highest BCUT2D eigenvalue weighted by molar-refractivity contribution is 5.95. The molecule has 0 saturated carbocycles. The molecule has 0 aliphatic carbocycles. The molecule has 0 aliphatic rings. The Labute approximate surface area is 191 Å². The molecule has 0 aliphatic heterocycles. The van der Waals surface area contributed by atoms with Crippen molar-refractivity contribution in [3.63, 3.8) is 0 Å². The maximum absolute atomic E-state index is 13.4. The molecule has 8 heteroatoms. The van der Waals surface area contributed by atoms with Crippen molar-refractivity contribution < 1.29 is 28.1 Å². The molecule has 0 aromatic heterocycles. The molecule has 3 aromatic rings. The number of hydrazone groups is 1. The number of ether oxygens (including phenoxy) is 4. The van der Waals surface area contributed by atoms with Crippen LogP contribution in [0.3, 0.4) is 0 Å². The van der Waals surface area contributed by atoms with E-state index in [4.69, 9.17) is 18.9 Å². The van der Waals surface area contributed by atoms with Crippen LogP contribution in [0.4, 0.5) is 4.39 Å². The highest BCUT2D eigenvalue weighted by Gasteiger charge is 2.10. The first kappa shape index (κ1) is 23.6. The highest BCUT2D eigenvalue weighted by atomic mass is 19.1. The molecular weight excluding hydrogens is 427 g/mol. The van der Waals surface area contributed by atoms with E-state index in [-0.39, 0.29) is 12.4 Å².